The minimum Gasteiger partial charge on any atom is -0.494 e. The third kappa shape index (κ3) is 5.32. The van der Waals surface area contributed by atoms with Gasteiger partial charge < -0.3 is 19.9 Å². The van der Waals surface area contributed by atoms with Crippen LogP contribution in [0.5, 0.6) is 5.75 Å². The van der Waals surface area contributed by atoms with Crippen LogP contribution in [0.4, 0.5) is 0 Å². The number of piperazine rings is 1. The summed E-state index contributed by atoms with van der Waals surface area (Å²) < 4.78 is 5.68. The molecule has 2 fully saturated rings. The summed E-state index contributed by atoms with van der Waals surface area (Å²) >= 11 is 0. The van der Waals surface area contributed by atoms with Crippen LogP contribution >= 0.6 is 0 Å². The Morgan fingerprint density at radius 3 is 2.93 bits per heavy atom. The number of carbonyl (C=O) groups is 3. The molecule has 0 radical (unpaired) electrons. The van der Waals surface area contributed by atoms with E-state index in [2.05, 4.69) is 5.32 Å². The first-order chi connectivity index (χ1) is 13.5. The van der Waals surface area contributed by atoms with Crippen LogP contribution in [0.3, 0.4) is 0 Å². The number of hydrogen-bond acceptors (Lipinski definition) is 5. The van der Waals surface area contributed by atoms with Gasteiger partial charge in [-0.25, -0.2) is 0 Å². The third-order valence-electron chi connectivity index (χ3n) is 5.36. The van der Waals surface area contributed by atoms with Crippen molar-refractivity contribution in [2.24, 2.45) is 0 Å². The standard InChI is InChI=1S/C21H29N3O4/c1-16(25)17-5-2-7-19(13-17)28-12-4-8-20(26)23-10-3-6-18(15-23)24-11-9-22-14-21(24)27/h2,5,7,13,18,22H,3-4,6,8-12,14-15H2,1H3. The molecule has 3 rings (SSSR count). The molecule has 0 spiro atoms. The normalized spacial score (nSPS) is 20.2. The van der Waals surface area contributed by atoms with Crippen LogP contribution in [0.2, 0.25) is 0 Å². The fraction of sp³-hybridized carbons (Fsp3) is 0.571. The summed E-state index contributed by atoms with van der Waals surface area (Å²) in [5.74, 6) is 0.902. The molecule has 1 unspecified atom stereocenters. The maximum atomic E-state index is 12.6. The number of amides is 2. The highest BCUT2D eigenvalue weighted by atomic mass is 16.5. The van der Waals surface area contributed by atoms with Gasteiger partial charge in [0, 0.05) is 44.2 Å². The number of ether oxygens (including phenoxy) is 1. The number of piperidine rings is 1. The van der Waals surface area contributed by atoms with Crippen LogP contribution in [-0.2, 0) is 9.59 Å². The second kappa shape index (κ2) is 9.68. The van der Waals surface area contributed by atoms with Gasteiger partial charge in [0.25, 0.3) is 0 Å². The van der Waals surface area contributed by atoms with Crippen molar-refractivity contribution in [2.45, 2.75) is 38.6 Å². The maximum Gasteiger partial charge on any atom is 0.236 e. The van der Waals surface area contributed by atoms with Crippen molar-refractivity contribution in [1.82, 2.24) is 15.1 Å². The van der Waals surface area contributed by atoms with Gasteiger partial charge in [-0.3, -0.25) is 14.4 Å². The number of Topliss-reactive ketones (excluding diaryl/α,β-unsaturated/α-hetero) is 1. The quantitative estimate of drug-likeness (QED) is 0.566. The molecule has 7 nitrogen and oxygen atoms in total. The minimum atomic E-state index is 0.00301. The van der Waals surface area contributed by atoms with E-state index in [9.17, 15) is 14.4 Å². The molecule has 1 aromatic carbocycles. The van der Waals surface area contributed by atoms with E-state index in [0.29, 0.717) is 43.9 Å². The number of carbonyl (C=O) groups excluding carboxylic acids is 3. The molecule has 7 heteroatoms. The summed E-state index contributed by atoms with van der Waals surface area (Å²) in [4.78, 5) is 39.9. The number of nitrogens with zero attached hydrogens (tertiary/aromatic N) is 2. The van der Waals surface area contributed by atoms with Crippen molar-refractivity contribution >= 4 is 17.6 Å². The topological polar surface area (TPSA) is 79.0 Å². The Balaban J connectivity index is 1.42. The zero-order valence-corrected chi connectivity index (χ0v) is 16.5. The number of ketones is 1. The summed E-state index contributed by atoms with van der Waals surface area (Å²) in [7, 11) is 0. The summed E-state index contributed by atoms with van der Waals surface area (Å²) in [5.41, 5.74) is 0.621. The molecule has 0 bridgehead atoms. The van der Waals surface area contributed by atoms with Gasteiger partial charge in [-0.1, -0.05) is 12.1 Å². The number of likely N-dealkylation sites (tertiary alicyclic amines) is 1. The molecule has 2 saturated heterocycles. The third-order valence-corrected chi connectivity index (χ3v) is 5.36. The monoisotopic (exact) mass is 387 g/mol. The number of rotatable bonds is 7. The fourth-order valence-electron chi connectivity index (χ4n) is 3.82. The van der Waals surface area contributed by atoms with Crippen LogP contribution in [-0.4, -0.2) is 72.8 Å². The smallest absolute Gasteiger partial charge is 0.236 e. The zero-order chi connectivity index (χ0) is 19.9. The van der Waals surface area contributed by atoms with Crippen LogP contribution in [0.15, 0.2) is 24.3 Å². The number of hydrogen-bond donors (Lipinski definition) is 1. The molecular weight excluding hydrogens is 358 g/mol. The lowest BCUT2D eigenvalue weighted by atomic mass is 10.0. The van der Waals surface area contributed by atoms with E-state index in [1.807, 2.05) is 15.9 Å². The van der Waals surface area contributed by atoms with Gasteiger partial charge in [0.1, 0.15) is 5.75 Å². The van der Waals surface area contributed by atoms with Crippen LogP contribution in [0, 0.1) is 0 Å². The average molecular weight is 387 g/mol. The second-order valence-corrected chi connectivity index (χ2v) is 7.44. The Bertz CT molecular complexity index is 721. The summed E-state index contributed by atoms with van der Waals surface area (Å²) in [5, 5.41) is 3.09. The van der Waals surface area contributed by atoms with Crippen molar-refractivity contribution in [3.63, 3.8) is 0 Å². The zero-order valence-electron chi connectivity index (χ0n) is 16.5. The lowest BCUT2D eigenvalue weighted by Crippen LogP contribution is -2.57. The molecule has 2 amide bonds. The molecule has 1 N–H and O–H groups in total. The molecule has 0 aliphatic carbocycles. The van der Waals surface area contributed by atoms with E-state index >= 15 is 0 Å². The summed E-state index contributed by atoms with van der Waals surface area (Å²) in [6.45, 7) is 5.28. The van der Waals surface area contributed by atoms with E-state index in [1.165, 1.54) is 6.92 Å². The van der Waals surface area contributed by atoms with E-state index in [4.69, 9.17) is 4.74 Å². The summed E-state index contributed by atoms with van der Waals surface area (Å²) in [6.07, 6.45) is 2.94. The maximum absolute atomic E-state index is 12.6. The molecule has 152 valence electrons. The van der Waals surface area contributed by atoms with E-state index in [-0.39, 0.29) is 23.6 Å². The van der Waals surface area contributed by atoms with Gasteiger partial charge >= 0.3 is 0 Å². The molecular formula is C21H29N3O4. The Morgan fingerprint density at radius 1 is 1.29 bits per heavy atom. The first-order valence-corrected chi connectivity index (χ1v) is 10.1. The average Bonchev–Trinajstić information content (AvgIpc) is 2.71. The Hall–Kier alpha value is -2.41. The van der Waals surface area contributed by atoms with Gasteiger partial charge in [0.05, 0.1) is 13.2 Å². The van der Waals surface area contributed by atoms with Gasteiger partial charge in [-0.05, 0) is 38.3 Å². The Morgan fingerprint density at radius 2 is 2.14 bits per heavy atom. The number of benzene rings is 1. The predicted molar refractivity (Wildman–Crippen MR) is 105 cm³/mol. The van der Waals surface area contributed by atoms with Crippen LogP contribution in [0.25, 0.3) is 0 Å². The predicted octanol–water partition coefficient (Wildman–Crippen LogP) is 1.47. The van der Waals surface area contributed by atoms with Crippen molar-refractivity contribution in [2.75, 3.05) is 39.3 Å². The molecule has 1 aromatic rings. The van der Waals surface area contributed by atoms with Crippen molar-refractivity contribution in [3.05, 3.63) is 29.8 Å². The van der Waals surface area contributed by atoms with Crippen molar-refractivity contribution in [1.29, 1.82) is 0 Å². The van der Waals surface area contributed by atoms with Crippen molar-refractivity contribution in [3.8, 4) is 5.75 Å². The molecule has 1 atom stereocenters. The molecule has 0 aromatic heterocycles. The minimum absolute atomic E-state index is 0.00301. The van der Waals surface area contributed by atoms with Gasteiger partial charge in [0.15, 0.2) is 5.78 Å². The van der Waals surface area contributed by atoms with Gasteiger partial charge in [-0.15, -0.1) is 0 Å². The lowest BCUT2D eigenvalue weighted by Gasteiger charge is -2.41. The SMILES string of the molecule is CC(=O)c1cccc(OCCCC(=O)N2CCCC(N3CCNCC3=O)C2)c1. The highest BCUT2D eigenvalue weighted by molar-refractivity contribution is 5.94. The molecule has 2 heterocycles. The fourth-order valence-corrected chi connectivity index (χ4v) is 3.82. The molecule has 0 saturated carbocycles. The van der Waals surface area contributed by atoms with Gasteiger partial charge in [0.2, 0.25) is 11.8 Å². The van der Waals surface area contributed by atoms with Crippen LogP contribution < -0.4 is 10.1 Å². The lowest BCUT2D eigenvalue weighted by molar-refractivity contribution is -0.140. The largest absolute Gasteiger partial charge is 0.494 e. The van der Waals surface area contributed by atoms with E-state index in [1.54, 1.807) is 18.2 Å². The second-order valence-electron chi connectivity index (χ2n) is 7.44. The first kappa shape index (κ1) is 20.3. The van der Waals surface area contributed by atoms with E-state index < -0.39 is 0 Å². The van der Waals surface area contributed by atoms with Crippen molar-refractivity contribution < 1.29 is 19.1 Å². The van der Waals surface area contributed by atoms with Gasteiger partial charge in [-0.2, -0.15) is 0 Å². The summed E-state index contributed by atoms with van der Waals surface area (Å²) in [6, 6.07) is 7.23. The molecule has 28 heavy (non-hydrogen) atoms. The Labute approximate surface area is 166 Å². The highest BCUT2D eigenvalue weighted by Crippen LogP contribution is 2.18. The first-order valence-electron chi connectivity index (χ1n) is 10.1. The van der Waals surface area contributed by atoms with E-state index in [0.717, 1.165) is 32.5 Å². The molecule has 2 aliphatic heterocycles. The van der Waals surface area contributed by atoms with Crippen LogP contribution in [0.1, 0.15) is 43.0 Å². The Kier molecular flexibility index (Phi) is 7.03. The highest BCUT2D eigenvalue weighted by Gasteiger charge is 2.31. The molecule has 2 aliphatic rings. The number of nitrogens with one attached hydrogen (secondary N) is 1.